The van der Waals surface area contributed by atoms with Crippen molar-refractivity contribution in [1.29, 1.82) is 0 Å². The minimum atomic E-state index is 0.541. The lowest BCUT2D eigenvalue weighted by molar-refractivity contribution is 0.353. The molecule has 0 aliphatic carbocycles. The van der Waals surface area contributed by atoms with Gasteiger partial charge < -0.3 is 4.52 Å². The summed E-state index contributed by atoms with van der Waals surface area (Å²) in [5, 5.41) is 4.80. The molecule has 1 aromatic heterocycles. The molecule has 3 heteroatoms. The average Bonchev–Trinajstić information content (AvgIpc) is 3.13. The van der Waals surface area contributed by atoms with Crippen LogP contribution >= 0.6 is 0 Å². The first-order chi connectivity index (χ1) is 11.0. The minimum Gasteiger partial charge on any atom is -0.356 e. The van der Waals surface area contributed by atoms with Crippen molar-refractivity contribution in [2.24, 2.45) is 0 Å². The van der Waals surface area contributed by atoms with Crippen molar-refractivity contribution in [3.63, 3.8) is 0 Å². The van der Waals surface area contributed by atoms with Crippen LogP contribution in [0.4, 0.5) is 0 Å². The molecule has 0 saturated carbocycles. The highest BCUT2D eigenvalue weighted by Gasteiger charge is 2.15. The maximum atomic E-state index is 5.06. The lowest BCUT2D eigenvalue weighted by atomic mass is 10.0. The summed E-state index contributed by atoms with van der Waals surface area (Å²) in [6.07, 6.45) is 1.74. The number of nitrogens with zero attached hydrogens (tertiary/aromatic N) is 2. The fourth-order valence-corrected chi connectivity index (χ4v) is 2.99. The Morgan fingerprint density at radius 2 is 1.96 bits per heavy atom. The summed E-state index contributed by atoms with van der Waals surface area (Å²) in [6.45, 7) is 8.77. The molecule has 0 unspecified atom stereocenters. The summed E-state index contributed by atoms with van der Waals surface area (Å²) in [5.41, 5.74) is 6.65. The summed E-state index contributed by atoms with van der Waals surface area (Å²) >= 11 is 0. The van der Waals surface area contributed by atoms with E-state index in [1.165, 1.54) is 22.3 Å². The molecule has 2 heterocycles. The molecular formula is C20H24N2O. The van der Waals surface area contributed by atoms with E-state index in [1.54, 1.807) is 6.20 Å². The first-order valence-electron chi connectivity index (χ1n) is 8.15. The van der Waals surface area contributed by atoms with Gasteiger partial charge in [0.1, 0.15) is 0 Å². The predicted octanol–water partition coefficient (Wildman–Crippen LogP) is 4.89. The van der Waals surface area contributed by atoms with Crippen molar-refractivity contribution in [3.8, 4) is 0 Å². The van der Waals surface area contributed by atoms with Crippen LogP contribution in [-0.2, 0) is 13.1 Å². The normalized spacial score (nSPS) is 14.0. The molecule has 0 spiro atoms. The van der Waals surface area contributed by atoms with E-state index >= 15 is 0 Å². The molecular weight excluding hydrogens is 284 g/mol. The van der Waals surface area contributed by atoms with Crippen LogP contribution in [0.5, 0.6) is 0 Å². The molecule has 3 nitrogen and oxygen atoms in total. The zero-order valence-electron chi connectivity index (χ0n) is 14.3. The van der Waals surface area contributed by atoms with E-state index in [-0.39, 0.29) is 0 Å². The fourth-order valence-electron chi connectivity index (χ4n) is 2.99. The standard InChI is InChI=1S/C10H11NO.C10H13N/c1-7(2)8-3-4-9-6-11-12-10(9)5-8;1-8-4-3-5-9-6-11(2)7-10(8)9/h3-7H,1-2H3;3-5H,6-7H2,1-2H3. The largest absolute Gasteiger partial charge is 0.356 e. The van der Waals surface area contributed by atoms with E-state index in [1.807, 2.05) is 12.1 Å². The molecule has 1 aliphatic rings. The van der Waals surface area contributed by atoms with Gasteiger partial charge in [0.25, 0.3) is 0 Å². The van der Waals surface area contributed by atoms with Gasteiger partial charge in [0.2, 0.25) is 0 Å². The third-order valence-electron chi connectivity index (χ3n) is 4.42. The molecule has 2 aromatic carbocycles. The van der Waals surface area contributed by atoms with E-state index in [0.29, 0.717) is 5.92 Å². The van der Waals surface area contributed by atoms with Crippen LogP contribution in [0.15, 0.2) is 47.1 Å². The van der Waals surface area contributed by atoms with Gasteiger partial charge >= 0.3 is 0 Å². The Hall–Kier alpha value is -2.13. The van der Waals surface area contributed by atoms with Gasteiger partial charge in [-0.15, -0.1) is 0 Å². The Labute approximate surface area is 137 Å². The monoisotopic (exact) mass is 308 g/mol. The van der Waals surface area contributed by atoms with Crippen LogP contribution in [-0.4, -0.2) is 17.1 Å². The van der Waals surface area contributed by atoms with Crippen LogP contribution < -0.4 is 0 Å². The highest BCUT2D eigenvalue weighted by atomic mass is 16.5. The molecule has 23 heavy (non-hydrogen) atoms. The number of aryl methyl sites for hydroxylation is 1. The summed E-state index contributed by atoms with van der Waals surface area (Å²) in [4.78, 5) is 2.34. The van der Waals surface area contributed by atoms with Crippen LogP contribution in [0.2, 0.25) is 0 Å². The molecule has 3 aromatic rings. The van der Waals surface area contributed by atoms with Gasteiger partial charge in [-0.25, -0.2) is 0 Å². The van der Waals surface area contributed by atoms with E-state index in [0.717, 1.165) is 24.1 Å². The summed E-state index contributed by atoms with van der Waals surface area (Å²) in [6, 6.07) is 12.8. The zero-order valence-corrected chi connectivity index (χ0v) is 14.3. The van der Waals surface area contributed by atoms with Gasteiger partial charge in [0, 0.05) is 18.5 Å². The molecule has 120 valence electrons. The maximum Gasteiger partial charge on any atom is 0.167 e. The highest BCUT2D eigenvalue weighted by Crippen LogP contribution is 2.23. The molecule has 0 fully saturated rings. The third-order valence-corrected chi connectivity index (χ3v) is 4.42. The first kappa shape index (κ1) is 15.8. The quantitative estimate of drug-likeness (QED) is 0.641. The summed E-state index contributed by atoms with van der Waals surface area (Å²) < 4.78 is 5.06. The van der Waals surface area contributed by atoms with E-state index in [2.05, 4.69) is 62.1 Å². The lowest BCUT2D eigenvalue weighted by Gasteiger charge is -2.03. The number of benzene rings is 2. The molecule has 0 radical (unpaired) electrons. The Balaban J connectivity index is 0.000000136. The smallest absolute Gasteiger partial charge is 0.167 e. The van der Waals surface area contributed by atoms with Gasteiger partial charge in [-0.2, -0.15) is 0 Å². The van der Waals surface area contributed by atoms with Gasteiger partial charge in [-0.1, -0.05) is 43.3 Å². The molecule has 0 N–H and O–H groups in total. The second-order valence-electron chi connectivity index (χ2n) is 6.66. The number of fused-ring (bicyclic) bond motifs is 2. The summed E-state index contributed by atoms with van der Waals surface area (Å²) in [5.74, 6) is 0.541. The second-order valence-corrected chi connectivity index (χ2v) is 6.66. The minimum absolute atomic E-state index is 0.541. The molecule has 1 aliphatic heterocycles. The Morgan fingerprint density at radius 1 is 1.13 bits per heavy atom. The predicted molar refractivity (Wildman–Crippen MR) is 94.4 cm³/mol. The number of hydrogen-bond donors (Lipinski definition) is 0. The molecule has 0 bridgehead atoms. The third kappa shape index (κ3) is 3.45. The highest BCUT2D eigenvalue weighted by molar-refractivity contribution is 5.76. The number of rotatable bonds is 1. The van der Waals surface area contributed by atoms with E-state index in [4.69, 9.17) is 4.52 Å². The SMILES string of the molecule is CC(C)c1ccc2cnoc2c1.Cc1cccc2c1CN(C)C2. The van der Waals surface area contributed by atoms with E-state index in [9.17, 15) is 0 Å². The van der Waals surface area contributed by atoms with Crippen molar-refractivity contribution in [2.45, 2.75) is 39.8 Å². The van der Waals surface area contributed by atoms with E-state index < -0.39 is 0 Å². The fraction of sp³-hybridized carbons (Fsp3) is 0.350. The average molecular weight is 308 g/mol. The maximum absolute atomic E-state index is 5.06. The molecule has 4 rings (SSSR count). The molecule has 0 saturated heterocycles. The molecule has 0 amide bonds. The topological polar surface area (TPSA) is 29.3 Å². The Bertz CT molecular complexity index is 804. The van der Waals surface area contributed by atoms with Gasteiger partial charge in [-0.05, 0) is 54.3 Å². The van der Waals surface area contributed by atoms with Gasteiger partial charge in [-0.3, -0.25) is 4.90 Å². The zero-order chi connectivity index (χ0) is 16.4. The van der Waals surface area contributed by atoms with Crippen molar-refractivity contribution in [3.05, 3.63) is 64.8 Å². The van der Waals surface area contributed by atoms with Crippen molar-refractivity contribution in [1.82, 2.24) is 10.1 Å². The lowest BCUT2D eigenvalue weighted by Crippen LogP contribution is -2.07. The van der Waals surface area contributed by atoms with Crippen LogP contribution in [0.25, 0.3) is 11.0 Å². The van der Waals surface area contributed by atoms with Crippen LogP contribution in [0.3, 0.4) is 0 Å². The second kappa shape index (κ2) is 6.55. The van der Waals surface area contributed by atoms with Crippen molar-refractivity contribution < 1.29 is 4.52 Å². The Kier molecular flexibility index (Phi) is 4.49. The van der Waals surface area contributed by atoms with Crippen molar-refractivity contribution >= 4 is 11.0 Å². The Morgan fingerprint density at radius 3 is 2.70 bits per heavy atom. The molecule has 0 atom stereocenters. The van der Waals surface area contributed by atoms with Crippen LogP contribution in [0, 0.1) is 6.92 Å². The van der Waals surface area contributed by atoms with Gasteiger partial charge in [0.15, 0.2) is 5.58 Å². The number of aromatic nitrogens is 1. The van der Waals surface area contributed by atoms with Crippen LogP contribution in [0.1, 0.15) is 42.0 Å². The van der Waals surface area contributed by atoms with Crippen molar-refractivity contribution in [2.75, 3.05) is 7.05 Å². The first-order valence-corrected chi connectivity index (χ1v) is 8.15. The van der Waals surface area contributed by atoms with Gasteiger partial charge in [0.05, 0.1) is 6.20 Å². The summed E-state index contributed by atoms with van der Waals surface area (Å²) in [7, 11) is 2.17. The number of hydrogen-bond acceptors (Lipinski definition) is 3.